The molecule has 0 spiro atoms. The van der Waals surface area contributed by atoms with Gasteiger partial charge in [0.1, 0.15) is 0 Å². The quantitative estimate of drug-likeness (QED) is 0.792. The zero-order chi connectivity index (χ0) is 14.8. The molecule has 0 aliphatic heterocycles. The fraction of sp³-hybridized carbons (Fsp3) is 0.684. The topological polar surface area (TPSA) is 12.0 Å². The molecule has 1 N–H and O–H groups in total. The van der Waals surface area contributed by atoms with Crippen LogP contribution in [0.3, 0.4) is 0 Å². The normalized spacial score (nSPS) is 23.9. The Kier molecular flexibility index (Phi) is 4.90. The summed E-state index contributed by atoms with van der Waals surface area (Å²) < 4.78 is 0. The third-order valence-electron chi connectivity index (χ3n) is 4.61. The molecule has 1 nitrogen and oxygen atoms in total. The second kappa shape index (κ2) is 6.30. The van der Waals surface area contributed by atoms with Crippen molar-refractivity contribution < 1.29 is 0 Å². The maximum absolute atomic E-state index is 3.68. The van der Waals surface area contributed by atoms with E-state index in [0.29, 0.717) is 5.41 Å². The summed E-state index contributed by atoms with van der Waals surface area (Å²) in [4.78, 5) is 0. The minimum atomic E-state index is 0.387. The molecule has 0 heterocycles. The highest BCUT2D eigenvalue weighted by Gasteiger charge is 2.47. The summed E-state index contributed by atoms with van der Waals surface area (Å²) >= 11 is 0. The molecule has 0 radical (unpaired) electrons. The van der Waals surface area contributed by atoms with Gasteiger partial charge in [0.25, 0.3) is 0 Å². The summed E-state index contributed by atoms with van der Waals surface area (Å²) in [5, 5.41) is 3.68. The molecule has 112 valence electrons. The standard InChI is InChI=1S/C19H31N/c1-14(2)12-20-13-18(19(3,4)5)17-11-16(17)15-9-7-6-8-10-15/h6-10,14,16-18,20H,11-13H2,1-5H3. The van der Waals surface area contributed by atoms with E-state index >= 15 is 0 Å². The number of rotatable bonds is 6. The van der Waals surface area contributed by atoms with Gasteiger partial charge in [-0.2, -0.15) is 0 Å². The van der Waals surface area contributed by atoms with Crippen LogP contribution < -0.4 is 5.32 Å². The molecule has 20 heavy (non-hydrogen) atoms. The summed E-state index contributed by atoms with van der Waals surface area (Å²) in [7, 11) is 0. The van der Waals surface area contributed by atoms with Gasteiger partial charge in [0.05, 0.1) is 0 Å². The van der Waals surface area contributed by atoms with Crippen LogP contribution in [-0.4, -0.2) is 13.1 Å². The minimum absolute atomic E-state index is 0.387. The molecule has 0 aromatic heterocycles. The Morgan fingerprint density at radius 1 is 1.10 bits per heavy atom. The maximum atomic E-state index is 3.68. The van der Waals surface area contributed by atoms with Crippen molar-refractivity contribution >= 4 is 0 Å². The lowest BCUT2D eigenvalue weighted by atomic mass is 9.76. The van der Waals surface area contributed by atoms with Crippen molar-refractivity contribution in [3.05, 3.63) is 35.9 Å². The first-order valence-electron chi connectivity index (χ1n) is 8.15. The van der Waals surface area contributed by atoms with Crippen LogP contribution in [-0.2, 0) is 0 Å². The van der Waals surface area contributed by atoms with Crippen LogP contribution in [0.1, 0.15) is 52.5 Å². The van der Waals surface area contributed by atoms with Crippen LogP contribution in [0.5, 0.6) is 0 Å². The fourth-order valence-electron chi connectivity index (χ4n) is 3.37. The number of hydrogen-bond acceptors (Lipinski definition) is 1. The van der Waals surface area contributed by atoms with Gasteiger partial charge in [-0.15, -0.1) is 0 Å². The predicted octanol–water partition coefficient (Wildman–Crippen LogP) is 4.70. The summed E-state index contributed by atoms with van der Waals surface area (Å²) in [6.07, 6.45) is 1.37. The van der Waals surface area contributed by atoms with Gasteiger partial charge in [-0.25, -0.2) is 0 Å². The van der Waals surface area contributed by atoms with Gasteiger partial charge >= 0.3 is 0 Å². The Balaban J connectivity index is 1.96. The third kappa shape index (κ3) is 4.09. The summed E-state index contributed by atoms with van der Waals surface area (Å²) in [6, 6.07) is 11.1. The second-order valence-corrected chi connectivity index (χ2v) is 7.94. The first-order valence-corrected chi connectivity index (χ1v) is 8.15. The highest BCUT2D eigenvalue weighted by Crippen LogP contribution is 2.55. The lowest BCUT2D eigenvalue weighted by Gasteiger charge is -2.32. The molecule has 2 rings (SSSR count). The highest BCUT2D eigenvalue weighted by molar-refractivity contribution is 5.26. The average Bonchev–Trinajstić information content (AvgIpc) is 3.14. The van der Waals surface area contributed by atoms with E-state index in [1.54, 1.807) is 0 Å². The van der Waals surface area contributed by atoms with Crippen LogP contribution in [0.25, 0.3) is 0 Å². The molecule has 1 heteroatoms. The molecular weight excluding hydrogens is 242 g/mol. The lowest BCUT2D eigenvalue weighted by molar-refractivity contribution is 0.199. The predicted molar refractivity (Wildman–Crippen MR) is 87.9 cm³/mol. The molecule has 1 aliphatic rings. The van der Waals surface area contributed by atoms with E-state index in [1.165, 1.54) is 12.0 Å². The van der Waals surface area contributed by atoms with E-state index in [2.05, 4.69) is 70.3 Å². The van der Waals surface area contributed by atoms with Gasteiger partial charge < -0.3 is 5.32 Å². The second-order valence-electron chi connectivity index (χ2n) is 7.94. The monoisotopic (exact) mass is 273 g/mol. The average molecular weight is 273 g/mol. The van der Waals surface area contributed by atoms with Gasteiger partial charge in [-0.05, 0) is 54.2 Å². The third-order valence-corrected chi connectivity index (χ3v) is 4.61. The van der Waals surface area contributed by atoms with Crippen LogP contribution in [0.15, 0.2) is 30.3 Å². The summed E-state index contributed by atoms with van der Waals surface area (Å²) in [5.41, 5.74) is 1.92. The first kappa shape index (κ1) is 15.6. The molecule has 1 aliphatic carbocycles. The zero-order valence-corrected chi connectivity index (χ0v) is 13.8. The first-order chi connectivity index (χ1) is 9.39. The largest absolute Gasteiger partial charge is 0.316 e. The Labute approximate surface area is 125 Å². The van der Waals surface area contributed by atoms with Gasteiger partial charge in [0.15, 0.2) is 0 Å². The van der Waals surface area contributed by atoms with Crippen molar-refractivity contribution in [2.45, 2.75) is 47.0 Å². The van der Waals surface area contributed by atoms with Gasteiger partial charge in [0, 0.05) is 0 Å². The molecule has 1 fully saturated rings. The van der Waals surface area contributed by atoms with Crippen LogP contribution >= 0.6 is 0 Å². The van der Waals surface area contributed by atoms with Crippen LogP contribution in [0.4, 0.5) is 0 Å². The van der Waals surface area contributed by atoms with Gasteiger partial charge in [-0.3, -0.25) is 0 Å². The zero-order valence-electron chi connectivity index (χ0n) is 13.8. The smallest absolute Gasteiger partial charge is 0.00125 e. The molecule has 1 aromatic rings. The van der Waals surface area contributed by atoms with Crippen molar-refractivity contribution in [2.24, 2.45) is 23.2 Å². The van der Waals surface area contributed by atoms with Gasteiger partial charge in [0.2, 0.25) is 0 Å². The Morgan fingerprint density at radius 3 is 2.30 bits per heavy atom. The molecule has 3 atom stereocenters. The van der Waals surface area contributed by atoms with Crippen molar-refractivity contribution in [1.82, 2.24) is 5.32 Å². The summed E-state index contributed by atoms with van der Waals surface area (Å²) in [6.45, 7) is 14.1. The lowest BCUT2D eigenvalue weighted by Crippen LogP contribution is -2.35. The van der Waals surface area contributed by atoms with Crippen molar-refractivity contribution in [3.8, 4) is 0 Å². The summed E-state index contributed by atoms with van der Waals surface area (Å²) in [5.74, 6) is 3.16. The number of benzene rings is 1. The van der Waals surface area contributed by atoms with Gasteiger partial charge in [-0.1, -0.05) is 65.0 Å². The maximum Gasteiger partial charge on any atom is -0.00125 e. The molecule has 0 saturated heterocycles. The Bertz CT molecular complexity index is 402. The molecule has 1 saturated carbocycles. The van der Waals surface area contributed by atoms with Crippen molar-refractivity contribution in [2.75, 3.05) is 13.1 Å². The molecule has 0 bridgehead atoms. The van der Waals surface area contributed by atoms with E-state index in [9.17, 15) is 0 Å². The van der Waals surface area contributed by atoms with Crippen LogP contribution in [0, 0.1) is 23.2 Å². The molecule has 3 unspecified atom stereocenters. The van der Waals surface area contributed by atoms with Crippen molar-refractivity contribution in [1.29, 1.82) is 0 Å². The van der Waals surface area contributed by atoms with E-state index in [4.69, 9.17) is 0 Å². The molecule has 1 aromatic carbocycles. The van der Waals surface area contributed by atoms with Crippen LogP contribution in [0.2, 0.25) is 0 Å². The van der Waals surface area contributed by atoms with E-state index in [0.717, 1.165) is 36.8 Å². The molecular formula is C19H31N. The number of hydrogen-bond donors (Lipinski definition) is 1. The SMILES string of the molecule is CC(C)CNCC(C1CC1c1ccccc1)C(C)(C)C. The highest BCUT2D eigenvalue weighted by atomic mass is 14.9. The molecule has 0 amide bonds. The number of nitrogens with one attached hydrogen (secondary N) is 1. The van der Waals surface area contributed by atoms with E-state index in [1.807, 2.05) is 0 Å². The Morgan fingerprint density at radius 2 is 1.75 bits per heavy atom. The van der Waals surface area contributed by atoms with Crippen molar-refractivity contribution in [3.63, 3.8) is 0 Å². The Hall–Kier alpha value is -0.820. The van der Waals surface area contributed by atoms with E-state index in [-0.39, 0.29) is 0 Å². The minimum Gasteiger partial charge on any atom is -0.316 e. The van der Waals surface area contributed by atoms with E-state index < -0.39 is 0 Å². The fourth-order valence-corrected chi connectivity index (χ4v) is 3.37.